The first-order valence-corrected chi connectivity index (χ1v) is 7.63. The number of benzene rings is 1. The molecular weight excluding hydrogens is 252 g/mol. The van der Waals surface area contributed by atoms with Crippen molar-refractivity contribution >= 4 is 0 Å². The summed E-state index contributed by atoms with van der Waals surface area (Å²) in [7, 11) is 0. The Morgan fingerprint density at radius 3 is 2.85 bits per heavy atom. The van der Waals surface area contributed by atoms with Crippen LogP contribution in [0.15, 0.2) is 18.2 Å². The molecule has 4 nitrogen and oxygen atoms in total. The average Bonchev–Trinajstić information content (AvgIpc) is 3.18. The summed E-state index contributed by atoms with van der Waals surface area (Å²) in [6.07, 6.45) is 4.03. The molecule has 3 rings (SSSR count). The van der Waals surface area contributed by atoms with Gasteiger partial charge in [0.2, 0.25) is 0 Å². The van der Waals surface area contributed by atoms with Gasteiger partial charge in [0.25, 0.3) is 0 Å². The standard InChI is InChI=1S/C16H24N2O2/c1-11(15-8-14(19)4-5-16(15)20)17-9-12-6-7-18(10-12)13-2-3-13/h4-5,8,11-13,17,19-20H,2-3,6-7,9-10H2,1H3. The van der Waals surface area contributed by atoms with E-state index in [1.807, 2.05) is 6.92 Å². The van der Waals surface area contributed by atoms with Crippen molar-refractivity contribution in [3.8, 4) is 11.5 Å². The second kappa shape index (κ2) is 5.62. The van der Waals surface area contributed by atoms with Crippen LogP contribution in [0.1, 0.15) is 37.8 Å². The molecule has 20 heavy (non-hydrogen) atoms. The number of phenols is 2. The third kappa shape index (κ3) is 3.07. The smallest absolute Gasteiger partial charge is 0.120 e. The Morgan fingerprint density at radius 2 is 2.10 bits per heavy atom. The van der Waals surface area contributed by atoms with E-state index in [0.29, 0.717) is 5.92 Å². The number of nitrogens with one attached hydrogen (secondary N) is 1. The summed E-state index contributed by atoms with van der Waals surface area (Å²) in [5, 5.41) is 22.9. The first-order valence-electron chi connectivity index (χ1n) is 7.63. The quantitative estimate of drug-likeness (QED) is 0.722. The van der Waals surface area contributed by atoms with Crippen molar-refractivity contribution in [2.45, 2.75) is 38.3 Å². The van der Waals surface area contributed by atoms with E-state index in [1.165, 1.54) is 38.4 Å². The number of hydrogen-bond donors (Lipinski definition) is 3. The van der Waals surface area contributed by atoms with E-state index in [2.05, 4.69) is 10.2 Å². The van der Waals surface area contributed by atoms with Crippen LogP contribution in [0.4, 0.5) is 0 Å². The summed E-state index contributed by atoms with van der Waals surface area (Å²) >= 11 is 0. The number of nitrogens with zero attached hydrogens (tertiary/aromatic N) is 1. The topological polar surface area (TPSA) is 55.7 Å². The molecule has 1 aliphatic heterocycles. The summed E-state index contributed by atoms with van der Waals surface area (Å²) in [6, 6.07) is 5.62. The van der Waals surface area contributed by atoms with Gasteiger partial charge < -0.3 is 20.4 Å². The number of phenolic OH excluding ortho intramolecular Hbond substituents is 2. The molecule has 2 atom stereocenters. The van der Waals surface area contributed by atoms with E-state index in [0.717, 1.165) is 18.2 Å². The van der Waals surface area contributed by atoms with Crippen LogP contribution in [0.2, 0.25) is 0 Å². The van der Waals surface area contributed by atoms with Crippen LogP contribution in [-0.4, -0.2) is 40.8 Å². The molecule has 1 aromatic rings. The fraction of sp³-hybridized carbons (Fsp3) is 0.625. The van der Waals surface area contributed by atoms with Gasteiger partial charge in [-0.2, -0.15) is 0 Å². The van der Waals surface area contributed by atoms with Crippen molar-refractivity contribution in [1.82, 2.24) is 10.2 Å². The molecule has 1 aliphatic carbocycles. The van der Waals surface area contributed by atoms with E-state index in [9.17, 15) is 10.2 Å². The summed E-state index contributed by atoms with van der Waals surface area (Å²) in [5.74, 6) is 1.15. The maximum atomic E-state index is 9.86. The molecule has 2 aliphatic rings. The zero-order valence-corrected chi connectivity index (χ0v) is 12.0. The van der Waals surface area contributed by atoms with Gasteiger partial charge in [0.05, 0.1) is 0 Å². The van der Waals surface area contributed by atoms with Gasteiger partial charge in [-0.1, -0.05) is 0 Å². The maximum absolute atomic E-state index is 9.86. The summed E-state index contributed by atoms with van der Waals surface area (Å²) in [4.78, 5) is 2.61. The molecule has 0 radical (unpaired) electrons. The van der Waals surface area contributed by atoms with Gasteiger partial charge in [0.1, 0.15) is 11.5 Å². The maximum Gasteiger partial charge on any atom is 0.120 e. The van der Waals surface area contributed by atoms with Crippen molar-refractivity contribution in [2.24, 2.45) is 5.92 Å². The van der Waals surface area contributed by atoms with E-state index in [-0.39, 0.29) is 17.5 Å². The third-order valence-electron chi connectivity index (χ3n) is 4.57. The highest BCUT2D eigenvalue weighted by atomic mass is 16.3. The van der Waals surface area contributed by atoms with Gasteiger partial charge in [-0.25, -0.2) is 0 Å². The van der Waals surface area contributed by atoms with Gasteiger partial charge >= 0.3 is 0 Å². The minimum absolute atomic E-state index is 0.0528. The second-order valence-corrected chi connectivity index (χ2v) is 6.25. The molecule has 0 amide bonds. The lowest BCUT2D eigenvalue weighted by atomic mass is 10.0. The van der Waals surface area contributed by atoms with E-state index >= 15 is 0 Å². The van der Waals surface area contributed by atoms with E-state index < -0.39 is 0 Å². The Bertz CT molecular complexity index is 474. The van der Waals surface area contributed by atoms with Gasteiger partial charge in [0, 0.05) is 24.2 Å². The first kappa shape index (κ1) is 13.7. The lowest BCUT2D eigenvalue weighted by Gasteiger charge is -2.19. The molecule has 0 spiro atoms. The lowest BCUT2D eigenvalue weighted by Crippen LogP contribution is -2.29. The van der Waals surface area contributed by atoms with Gasteiger partial charge in [-0.15, -0.1) is 0 Å². The van der Waals surface area contributed by atoms with E-state index in [4.69, 9.17) is 0 Å². The minimum Gasteiger partial charge on any atom is -0.508 e. The van der Waals surface area contributed by atoms with Crippen molar-refractivity contribution in [3.05, 3.63) is 23.8 Å². The molecule has 1 saturated carbocycles. The summed E-state index contributed by atoms with van der Waals surface area (Å²) in [6.45, 7) is 5.45. The number of likely N-dealkylation sites (tertiary alicyclic amines) is 1. The average molecular weight is 276 g/mol. The van der Waals surface area contributed by atoms with Crippen LogP contribution in [0.5, 0.6) is 11.5 Å². The molecule has 2 unspecified atom stereocenters. The van der Waals surface area contributed by atoms with Gasteiger partial charge in [0.15, 0.2) is 0 Å². The molecule has 2 fully saturated rings. The molecule has 4 heteroatoms. The second-order valence-electron chi connectivity index (χ2n) is 6.25. The Kier molecular flexibility index (Phi) is 3.85. The predicted octanol–water partition coefficient (Wildman–Crippen LogP) is 2.23. The van der Waals surface area contributed by atoms with Gasteiger partial charge in [-0.05, 0) is 63.4 Å². The summed E-state index contributed by atoms with van der Waals surface area (Å²) < 4.78 is 0. The molecular formula is C16H24N2O2. The first-order chi connectivity index (χ1) is 9.63. The number of aromatic hydroxyl groups is 2. The van der Waals surface area contributed by atoms with Crippen LogP contribution in [0.25, 0.3) is 0 Å². The summed E-state index contributed by atoms with van der Waals surface area (Å²) in [5.41, 5.74) is 0.766. The lowest BCUT2D eigenvalue weighted by molar-refractivity contribution is 0.309. The largest absolute Gasteiger partial charge is 0.508 e. The van der Waals surface area contributed by atoms with Crippen molar-refractivity contribution < 1.29 is 10.2 Å². The predicted molar refractivity (Wildman–Crippen MR) is 78.9 cm³/mol. The van der Waals surface area contributed by atoms with Crippen molar-refractivity contribution in [2.75, 3.05) is 19.6 Å². The van der Waals surface area contributed by atoms with Crippen LogP contribution in [-0.2, 0) is 0 Å². The SMILES string of the molecule is CC(NCC1CCN(C2CC2)C1)c1cc(O)ccc1O. The highest BCUT2D eigenvalue weighted by molar-refractivity contribution is 5.40. The number of rotatable bonds is 5. The molecule has 1 saturated heterocycles. The Labute approximate surface area is 120 Å². The Hall–Kier alpha value is -1.26. The fourth-order valence-corrected chi connectivity index (χ4v) is 3.14. The molecule has 0 bridgehead atoms. The van der Waals surface area contributed by atoms with Gasteiger partial charge in [-0.3, -0.25) is 0 Å². The highest BCUT2D eigenvalue weighted by Crippen LogP contribution is 2.32. The van der Waals surface area contributed by atoms with Crippen molar-refractivity contribution in [1.29, 1.82) is 0 Å². The highest BCUT2D eigenvalue weighted by Gasteiger charge is 2.34. The minimum atomic E-state index is 0.0528. The molecule has 110 valence electrons. The Balaban J connectivity index is 1.51. The van der Waals surface area contributed by atoms with Crippen LogP contribution >= 0.6 is 0 Å². The zero-order valence-electron chi connectivity index (χ0n) is 12.0. The fourth-order valence-electron chi connectivity index (χ4n) is 3.14. The van der Waals surface area contributed by atoms with Crippen LogP contribution in [0, 0.1) is 5.92 Å². The van der Waals surface area contributed by atoms with E-state index in [1.54, 1.807) is 12.1 Å². The van der Waals surface area contributed by atoms with Crippen LogP contribution in [0.3, 0.4) is 0 Å². The number of hydrogen-bond acceptors (Lipinski definition) is 4. The normalized spacial score (nSPS) is 24.9. The molecule has 1 aromatic carbocycles. The molecule has 3 N–H and O–H groups in total. The Morgan fingerprint density at radius 1 is 1.30 bits per heavy atom. The monoisotopic (exact) mass is 276 g/mol. The molecule has 1 heterocycles. The van der Waals surface area contributed by atoms with Crippen LogP contribution < -0.4 is 5.32 Å². The van der Waals surface area contributed by atoms with Crippen molar-refractivity contribution in [3.63, 3.8) is 0 Å². The zero-order chi connectivity index (χ0) is 14.1. The molecule has 0 aromatic heterocycles. The third-order valence-corrected chi connectivity index (χ3v) is 4.57.